The minimum atomic E-state index is -4.00. The highest BCUT2D eigenvalue weighted by molar-refractivity contribution is 8.13. The molecule has 0 aromatic heterocycles. The van der Waals surface area contributed by atoms with Crippen molar-refractivity contribution in [3.05, 3.63) is 29.1 Å². The smallest absolute Gasteiger partial charge is 0.261 e. The lowest BCUT2D eigenvalue weighted by atomic mass is 10.1. The van der Waals surface area contributed by atoms with E-state index in [0.29, 0.717) is 6.54 Å². The van der Waals surface area contributed by atoms with Gasteiger partial charge in [0.2, 0.25) is 0 Å². The maximum atomic E-state index is 13.9. The molecule has 0 bridgehead atoms. The number of aryl methyl sites for hydroxylation is 1. The minimum Gasteiger partial charge on any atom is -0.342 e. The number of carbonyl (C=O) groups is 1. The van der Waals surface area contributed by atoms with Crippen LogP contribution in [0.5, 0.6) is 0 Å². The zero-order valence-electron chi connectivity index (χ0n) is 10.9. The lowest BCUT2D eigenvalue weighted by Gasteiger charge is -2.17. The normalized spacial score (nSPS) is 11.4. The molecule has 0 unspecified atom stereocenters. The van der Waals surface area contributed by atoms with E-state index in [2.05, 4.69) is 0 Å². The summed E-state index contributed by atoms with van der Waals surface area (Å²) in [4.78, 5) is 13.1. The minimum absolute atomic E-state index is 0.0648. The van der Waals surface area contributed by atoms with Gasteiger partial charge in [-0.15, -0.1) is 0 Å². The molecule has 1 aromatic rings. The summed E-state index contributed by atoms with van der Waals surface area (Å²) < 4.78 is 36.5. The van der Waals surface area contributed by atoms with E-state index in [4.69, 9.17) is 10.7 Å². The molecule has 0 radical (unpaired) electrons. The predicted octanol–water partition coefficient (Wildman–Crippen LogP) is 2.54. The van der Waals surface area contributed by atoms with Crippen molar-refractivity contribution < 1.29 is 17.6 Å². The van der Waals surface area contributed by atoms with Gasteiger partial charge in [0.1, 0.15) is 5.82 Å². The Bertz CT molecular complexity index is 601. The van der Waals surface area contributed by atoms with E-state index >= 15 is 0 Å². The average Bonchev–Trinajstić information content (AvgIpc) is 2.30. The fourth-order valence-electron chi connectivity index (χ4n) is 1.68. The van der Waals surface area contributed by atoms with Crippen LogP contribution in [0.15, 0.2) is 17.0 Å². The van der Waals surface area contributed by atoms with Crippen molar-refractivity contribution in [2.24, 2.45) is 0 Å². The maximum absolute atomic E-state index is 13.9. The van der Waals surface area contributed by atoms with Gasteiger partial charge in [-0.2, -0.15) is 0 Å². The van der Waals surface area contributed by atoms with Gasteiger partial charge in [-0.25, -0.2) is 12.8 Å². The van der Waals surface area contributed by atoms with Gasteiger partial charge in [0.05, 0.1) is 10.5 Å². The molecule has 1 rings (SSSR count). The summed E-state index contributed by atoms with van der Waals surface area (Å²) in [5.74, 6) is -1.29. The largest absolute Gasteiger partial charge is 0.342 e. The summed E-state index contributed by atoms with van der Waals surface area (Å²) >= 11 is 0. The van der Waals surface area contributed by atoms with E-state index in [0.717, 1.165) is 18.6 Å². The van der Waals surface area contributed by atoms with Crippen LogP contribution in [0.25, 0.3) is 0 Å². The predicted molar refractivity (Wildman–Crippen MR) is 71.4 cm³/mol. The van der Waals surface area contributed by atoms with Crippen molar-refractivity contribution >= 4 is 25.6 Å². The van der Waals surface area contributed by atoms with Crippen LogP contribution in [-0.4, -0.2) is 32.8 Å². The molecule has 4 nitrogen and oxygen atoms in total. The highest BCUT2D eigenvalue weighted by Crippen LogP contribution is 2.23. The summed E-state index contributed by atoms with van der Waals surface area (Å²) in [6.07, 6.45) is 0.719. The monoisotopic (exact) mass is 307 g/mol. The third kappa shape index (κ3) is 3.67. The Morgan fingerprint density at radius 2 is 2.00 bits per heavy atom. The van der Waals surface area contributed by atoms with E-state index < -0.39 is 20.8 Å². The Morgan fingerprint density at radius 3 is 2.47 bits per heavy atom. The Labute approximate surface area is 116 Å². The number of carbonyl (C=O) groups excluding carboxylic acids is 1. The summed E-state index contributed by atoms with van der Waals surface area (Å²) in [6, 6.07) is 2.08. The standard InChI is InChI=1S/C12H15ClFNO3S/c1-4-5-15(3)12(16)10-7-9(19(13,17)18)6-8(2)11(10)14/h6-7H,4-5H2,1-3H3. The zero-order chi connectivity index (χ0) is 14.8. The molecule has 0 saturated heterocycles. The molecule has 1 amide bonds. The first-order valence-corrected chi connectivity index (χ1v) is 7.99. The Balaban J connectivity index is 3.35. The van der Waals surface area contributed by atoms with Crippen molar-refractivity contribution in [2.75, 3.05) is 13.6 Å². The summed E-state index contributed by atoms with van der Waals surface area (Å²) in [5, 5.41) is 0. The highest BCUT2D eigenvalue weighted by atomic mass is 35.7. The first-order valence-electron chi connectivity index (χ1n) is 5.68. The molecule has 0 aliphatic rings. The molecule has 0 aliphatic carbocycles. The number of hydrogen-bond acceptors (Lipinski definition) is 3. The van der Waals surface area contributed by atoms with Crippen LogP contribution in [0.2, 0.25) is 0 Å². The molecule has 0 spiro atoms. The van der Waals surface area contributed by atoms with Crippen molar-refractivity contribution in [3.8, 4) is 0 Å². The van der Waals surface area contributed by atoms with Gasteiger partial charge in [0, 0.05) is 24.3 Å². The number of nitrogens with zero attached hydrogens (tertiary/aromatic N) is 1. The molecule has 0 saturated carbocycles. The van der Waals surface area contributed by atoms with Gasteiger partial charge >= 0.3 is 0 Å². The van der Waals surface area contributed by atoms with E-state index in [1.165, 1.54) is 18.9 Å². The lowest BCUT2D eigenvalue weighted by molar-refractivity contribution is 0.0790. The highest BCUT2D eigenvalue weighted by Gasteiger charge is 2.22. The van der Waals surface area contributed by atoms with Crippen molar-refractivity contribution in [2.45, 2.75) is 25.2 Å². The third-order valence-electron chi connectivity index (χ3n) is 2.65. The van der Waals surface area contributed by atoms with Crippen LogP contribution in [0.4, 0.5) is 4.39 Å². The topological polar surface area (TPSA) is 54.5 Å². The number of benzene rings is 1. The van der Waals surface area contributed by atoms with Gasteiger partial charge in [0.15, 0.2) is 0 Å². The van der Waals surface area contributed by atoms with Crippen LogP contribution in [-0.2, 0) is 9.05 Å². The van der Waals surface area contributed by atoms with Gasteiger partial charge in [0.25, 0.3) is 15.0 Å². The number of amides is 1. The van der Waals surface area contributed by atoms with Crippen LogP contribution in [0, 0.1) is 12.7 Å². The SMILES string of the molecule is CCCN(C)C(=O)c1cc(S(=O)(=O)Cl)cc(C)c1F. The fraction of sp³-hybridized carbons (Fsp3) is 0.417. The molecule has 0 atom stereocenters. The molecule has 106 valence electrons. The summed E-state index contributed by atoms with van der Waals surface area (Å²) in [5.41, 5.74) is -0.217. The summed E-state index contributed by atoms with van der Waals surface area (Å²) in [7, 11) is 2.75. The molecular formula is C12H15ClFNO3S. The second kappa shape index (κ2) is 5.88. The van der Waals surface area contributed by atoms with Gasteiger partial charge in [-0.1, -0.05) is 6.92 Å². The van der Waals surface area contributed by atoms with Crippen molar-refractivity contribution in [1.29, 1.82) is 0 Å². The quantitative estimate of drug-likeness (QED) is 0.803. The van der Waals surface area contributed by atoms with Crippen molar-refractivity contribution in [3.63, 3.8) is 0 Å². The molecule has 0 heterocycles. The van der Waals surface area contributed by atoms with Crippen LogP contribution in [0.3, 0.4) is 0 Å². The summed E-state index contributed by atoms with van der Waals surface area (Å²) in [6.45, 7) is 3.72. The molecule has 0 aliphatic heterocycles. The third-order valence-corrected chi connectivity index (χ3v) is 3.98. The Morgan fingerprint density at radius 1 is 1.42 bits per heavy atom. The number of halogens is 2. The molecule has 0 N–H and O–H groups in total. The number of hydrogen-bond donors (Lipinski definition) is 0. The lowest BCUT2D eigenvalue weighted by Crippen LogP contribution is -2.28. The van der Waals surface area contributed by atoms with Crippen LogP contribution >= 0.6 is 10.7 Å². The Kier molecular flexibility index (Phi) is 4.92. The van der Waals surface area contributed by atoms with Crippen molar-refractivity contribution in [1.82, 2.24) is 4.90 Å². The molecular weight excluding hydrogens is 293 g/mol. The van der Waals surface area contributed by atoms with E-state index in [1.807, 2.05) is 6.92 Å². The fourth-order valence-corrected chi connectivity index (χ4v) is 2.52. The first kappa shape index (κ1) is 15.9. The average molecular weight is 308 g/mol. The van der Waals surface area contributed by atoms with Gasteiger partial charge < -0.3 is 4.90 Å². The Hall–Kier alpha value is -1.14. The molecule has 0 fully saturated rings. The van der Waals surface area contributed by atoms with Crippen LogP contribution < -0.4 is 0 Å². The van der Waals surface area contributed by atoms with E-state index in [9.17, 15) is 17.6 Å². The number of rotatable bonds is 4. The second-order valence-corrected chi connectivity index (χ2v) is 6.83. The molecule has 19 heavy (non-hydrogen) atoms. The van der Waals surface area contributed by atoms with Crippen LogP contribution in [0.1, 0.15) is 29.3 Å². The zero-order valence-corrected chi connectivity index (χ0v) is 12.5. The van der Waals surface area contributed by atoms with E-state index in [-0.39, 0.29) is 16.0 Å². The second-order valence-electron chi connectivity index (χ2n) is 4.27. The van der Waals surface area contributed by atoms with Gasteiger partial charge in [-0.3, -0.25) is 4.79 Å². The molecule has 1 aromatic carbocycles. The molecule has 7 heteroatoms. The van der Waals surface area contributed by atoms with Gasteiger partial charge in [-0.05, 0) is 31.0 Å². The maximum Gasteiger partial charge on any atom is 0.261 e. The first-order chi connectivity index (χ1) is 8.68. The van der Waals surface area contributed by atoms with E-state index in [1.54, 1.807) is 0 Å².